The Bertz CT molecular complexity index is 487. The van der Waals surface area contributed by atoms with Crippen LogP contribution in [0.4, 0.5) is 9.59 Å². The summed E-state index contributed by atoms with van der Waals surface area (Å²) < 4.78 is 15.5. The molecule has 0 fully saturated rings. The van der Waals surface area contributed by atoms with Gasteiger partial charge in [0.1, 0.15) is 6.10 Å². The molecule has 0 saturated heterocycles. The van der Waals surface area contributed by atoms with E-state index in [0.717, 1.165) is 4.88 Å². The number of carbonyl (C=O) groups is 2. The number of ether oxygens (including phenoxy) is 3. The molecule has 0 spiro atoms. The maximum Gasteiger partial charge on any atom is 0.509 e. The Morgan fingerprint density at radius 3 is 2.30 bits per heavy atom. The largest absolute Gasteiger partial charge is 0.509 e. The van der Waals surface area contributed by atoms with Gasteiger partial charge in [0.05, 0.1) is 12.2 Å². The Labute approximate surface area is 141 Å². The minimum Gasteiger partial charge on any atom is -0.447 e. The summed E-state index contributed by atoms with van der Waals surface area (Å²) >= 11 is 1.50. The average molecular weight is 343 g/mol. The van der Waals surface area contributed by atoms with Crippen molar-refractivity contribution >= 4 is 23.6 Å². The molecular formula is C16H25NO5S. The van der Waals surface area contributed by atoms with Crippen LogP contribution in [-0.2, 0) is 14.2 Å². The maximum atomic E-state index is 11.8. The fourth-order valence-electron chi connectivity index (χ4n) is 1.76. The third kappa shape index (κ3) is 7.36. The molecule has 1 aromatic rings. The predicted molar refractivity (Wildman–Crippen MR) is 88.6 cm³/mol. The normalized spacial score (nSPS) is 12.1. The first-order valence-corrected chi connectivity index (χ1v) is 8.50. The maximum absolute atomic E-state index is 11.8. The number of rotatable bonds is 7. The number of thiophene rings is 1. The van der Waals surface area contributed by atoms with Crippen molar-refractivity contribution in [2.75, 3.05) is 13.6 Å². The summed E-state index contributed by atoms with van der Waals surface area (Å²) in [4.78, 5) is 25.9. The summed E-state index contributed by atoms with van der Waals surface area (Å²) in [6.45, 7) is 7.52. The van der Waals surface area contributed by atoms with Gasteiger partial charge in [-0.3, -0.25) is 0 Å². The Kier molecular flexibility index (Phi) is 7.88. The zero-order chi connectivity index (χ0) is 17.4. The van der Waals surface area contributed by atoms with Crippen LogP contribution in [0.1, 0.15) is 45.1 Å². The molecule has 0 saturated carbocycles. The molecule has 0 aliphatic carbocycles. The lowest BCUT2D eigenvalue weighted by Gasteiger charge is -2.22. The molecule has 1 rings (SSSR count). The molecule has 23 heavy (non-hydrogen) atoms. The fraction of sp³-hybridized carbons (Fsp3) is 0.625. The van der Waals surface area contributed by atoms with Gasteiger partial charge in [-0.15, -0.1) is 11.3 Å². The summed E-state index contributed by atoms with van der Waals surface area (Å²) in [5, 5.41) is 1.91. The molecular weight excluding hydrogens is 318 g/mol. The van der Waals surface area contributed by atoms with E-state index in [1.807, 2.05) is 17.5 Å². The van der Waals surface area contributed by atoms with E-state index < -0.39 is 18.4 Å². The Morgan fingerprint density at radius 2 is 1.78 bits per heavy atom. The second kappa shape index (κ2) is 9.39. The quantitative estimate of drug-likeness (QED) is 0.694. The Hall–Kier alpha value is -1.76. The predicted octanol–water partition coefficient (Wildman–Crippen LogP) is 4.22. The first kappa shape index (κ1) is 19.3. The molecule has 1 amide bonds. The number of amides is 1. The van der Waals surface area contributed by atoms with Gasteiger partial charge in [0.25, 0.3) is 0 Å². The van der Waals surface area contributed by atoms with E-state index in [2.05, 4.69) is 0 Å². The van der Waals surface area contributed by atoms with Crippen LogP contribution in [0.15, 0.2) is 17.5 Å². The minimum atomic E-state index is -0.703. The second-order valence-corrected chi connectivity index (χ2v) is 6.66. The molecule has 130 valence electrons. The van der Waals surface area contributed by atoms with E-state index in [1.54, 1.807) is 34.7 Å². The van der Waals surface area contributed by atoms with Crippen LogP contribution < -0.4 is 0 Å². The van der Waals surface area contributed by atoms with Crippen molar-refractivity contribution in [1.82, 2.24) is 4.90 Å². The van der Waals surface area contributed by atoms with Crippen molar-refractivity contribution in [2.24, 2.45) is 0 Å². The number of hydrogen-bond acceptors (Lipinski definition) is 6. The van der Waals surface area contributed by atoms with Crippen LogP contribution in [0.5, 0.6) is 0 Å². The highest BCUT2D eigenvalue weighted by molar-refractivity contribution is 7.10. The molecule has 1 aromatic heterocycles. The number of nitrogens with zero attached hydrogens (tertiary/aromatic N) is 1. The van der Waals surface area contributed by atoms with Crippen molar-refractivity contribution in [3.63, 3.8) is 0 Å². The first-order valence-electron chi connectivity index (χ1n) is 7.62. The molecule has 0 bridgehead atoms. The summed E-state index contributed by atoms with van der Waals surface area (Å²) in [5.41, 5.74) is 0. The van der Waals surface area contributed by atoms with Crippen LogP contribution in [0.3, 0.4) is 0 Å². The van der Waals surface area contributed by atoms with Gasteiger partial charge in [-0.2, -0.15) is 0 Å². The van der Waals surface area contributed by atoms with Crippen LogP contribution in [0, 0.1) is 0 Å². The summed E-state index contributed by atoms with van der Waals surface area (Å²) in [6, 6.07) is 3.78. The standard InChI is InChI=1S/C16H25NO5S/c1-11(2)20-15(18)17(5)9-8-13(14-7-6-10-23-14)22-16(19)21-12(3)4/h6-7,10-13H,8-9H2,1-5H3. The summed E-state index contributed by atoms with van der Waals surface area (Å²) in [7, 11) is 1.66. The summed E-state index contributed by atoms with van der Waals surface area (Å²) in [6.07, 6.45) is -1.49. The Balaban J connectivity index is 2.60. The van der Waals surface area contributed by atoms with Gasteiger partial charge in [-0.05, 0) is 39.1 Å². The molecule has 0 N–H and O–H groups in total. The van der Waals surface area contributed by atoms with Gasteiger partial charge < -0.3 is 19.1 Å². The summed E-state index contributed by atoms with van der Waals surface area (Å²) in [5.74, 6) is 0. The monoisotopic (exact) mass is 343 g/mol. The molecule has 0 aromatic carbocycles. The highest BCUT2D eigenvalue weighted by Crippen LogP contribution is 2.26. The lowest BCUT2D eigenvalue weighted by atomic mass is 10.2. The van der Waals surface area contributed by atoms with Gasteiger partial charge in [-0.1, -0.05) is 6.07 Å². The zero-order valence-corrected chi connectivity index (χ0v) is 15.1. The molecule has 1 unspecified atom stereocenters. The van der Waals surface area contributed by atoms with E-state index in [9.17, 15) is 9.59 Å². The smallest absolute Gasteiger partial charge is 0.447 e. The lowest BCUT2D eigenvalue weighted by Crippen LogP contribution is -2.31. The third-order valence-corrected chi connectivity index (χ3v) is 3.77. The van der Waals surface area contributed by atoms with Crippen LogP contribution in [-0.4, -0.2) is 42.9 Å². The average Bonchev–Trinajstić information content (AvgIpc) is 2.95. The van der Waals surface area contributed by atoms with Crippen molar-refractivity contribution in [1.29, 1.82) is 0 Å². The number of hydrogen-bond donors (Lipinski definition) is 0. The van der Waals surface area contributed by atoms with Gasteiger partial charge >= 0.3 is 12.2 Å². The molecule has 0 radical (unpaired) electrons. The van der Waals surface area contributed by atoms with E-state index in [1.165, 1.54) is 16.2 Å². The highest BCUT2D eigenvalue weighted by Gasteiger charge is 2.21. The van der Waals surface area contributed by atoms with Gasteiger partial charge in [0.2, 0.25) is 0 Å². The first-order chi connectivity index (χ1) is 10.8. The molecule has 0 aliphatic rings. The van der Waals surface area contributed by atoms with Crippen LogP contribution in [0.25, 0.3) is 0 Å². The van der Waals surface area contributed by atoms with Crippen molar-refractivity contribution in [3.8, 4) is 0 Å². The zero-order valence-electron chi connectivity index (χ0n) is 14.3. The number of carbonyl (C=O) groups excluding carboxylic acids is 2. The van der Waals surface area contributed by atoms with Crippen molar-refractivity contribution in [3.05, 3.63) is 22.4 Å². The van der Waals surface area contributed by atoms with E-state index in [-0.39, 0.29) is 12.2 Å². The third-order valence-electron chi connectivity index (χ3n) is 2.81. The molecule has 0 aliphatic heterocycles. The fourth-order valence-corrected chi connectivity index (χ4v) is 2.55. The van der Waals surface area contributed by atoms with Crippen molar-refractivity contribution < 1.29 is 23.8 Å². The van der Waals surface area contributed by atoms with Crippen molar-refractivity contribution in [2.45, 2.75) is 52.4 Å². The lowest BCUT2D eigenvalue weighted by molar-refractivity contribution is 0.00261. The van der Waals surface area contributed by atoms with E-state index in [0.29, 0.717) is 13.0 Å². The van der Waals surface area contributed by atoms with Crippen LogP contribution >= 0.6 is 11.3 Å². The Morgan fingerprint density at radius 1 is 1.13 bits per heavy atom. The highest BCUT2D eigenvalue weighted by atomic mass is 32.1. The molecule has 1 heterocycles. The second-order valence-electron chi connectivity index (χ2n) is 5.68. The van der Waals surface area contributed by atoms with Crippen LogP contribution in [0.2, 0.25) is 0 Å². The SMILES string of the molecule is CC(C)OC(=O)OC(CCN(C)C(=O)OC(C)C)c1cccs1. The molecule has 7 heteroatoms. The van der Waals surface area contributed by atoms with Gasteiger partial charge in [0, 0.05) is 24.9 Å². The van der Waals surface area contributed by atoms with E-state index in [4.69, 9.17) is 14.2 Å². The van der Waals surface area contributed by atoms with Gasteiger partial charge in [0.15, 0.2) is 0 Å². The topological polar surface area (TPSA) is 65.1 Å². The van der Waals surface area contributed by atoms with E-state index >= 15 is 0 Å². The molecule has 6 nitrogen and oxygen atoms in total. The molecule has 1 atom stereocenters. The minimum absolute atomic E-state index is 0.171. The van der Waals surface area contributed by atoms with Gasteiger partial charge in [-0.25, -0.2) is 9.59 Å².